The van der Waals surface area contributed by atoms with E-state index in [2.05, 4.69) is 10.3 Å². The highest BCUT2D eigenvalue weighted by molar-refractivity contribution is 5.87. The summed E-state index contributed by atoms with van der Waals surface area (Å²) < 4.78 is 40.3. The van der Waals surface area contributed by atoms with Crippen LogP contribution in [-0.2, 0) is 15.8 Å². The molecule has 2 heterocycles. The minimum Gasteiger partial charge on any atom is -0.480 e. The minimum atomic E-state index is -4.55. The maximum absolute atomic E-state index is 14.0. The number of carbonyl (C=O) groups excluding carboxylic acids is 1. The molecule has 4 atom stereocenters. The number of hydrogen-bond donors (Lipinski definition) is 2. The molecule has 1 saturated carbocycles. The number of rotatable bonds is 5. The van der Waals surface area contributed by atoms with Crippen molar-refractivity contribution in [2.75, 3.05) is 5.32 Å². The van der Waals surface area contributed by atoms with Crippen LogP contribution < -0.4 is 5.32 Å². The number of hydrogen-bond acceptors (Lipinski definition) is 4. The van der Waals surface area contributed by atoms with E-state index in [0.29, 0.717) is 12.8 Å². The first-order chi connectivity index (χ1) is 17.4. The molecule has 0 radical (unpaired) electrons. The number of halogens is 3. The number of aliphatic carboxylic acids is 1. The Morgan fingerprint density at radius 1 is 1.03 bits per heavy atom. The lowest BCUT2D eigenvalue weighted by atomic mass is 9.72. The predicted octanol–water partition coefficient (Wildman–Crippen LogP) is 6.16. The van der Waals surface area contributed by atoms with Crippen molar-refractivity contribution in [1.82, 2.24) is 9.88 Å². The highest BCUT2D eigenvalue weighted by atomic mass is 19.4. The number of carbonyl (C=O) groups is 2. The molecular formula is C28H34F3N3O3. The van der Waals surface area contributed by atoms with Crippen molar-refractivity contribution in [1.29, 1.82) is 0 Å². The highest BCUT2D eigenvalue weighted by Gasteiger charge is 2.58. The van der Waals surface area contributed by atoms with Gasteiger partial charge in [-0.1, -0.05) is 70.4 Å². The fraction of sp³-hybridized carbons (Fsp3) is 0.536. The van der Waals surface area contributed by atoms with Crippen LogP contribution >= 0.6 is 0 Å². The Morgan fingerprint density at radius 3 is 2.24 bits per heavy atom. The van der Waals surface area contributed by atoms with Gasteiger partial charge in [-0.25, -0.2) is 9.78 Å². The fourth-order valence-electron chi connectivity index (χ4n) is 6.07. The van der Waals surface area contributed by atoms with E-state index in [1.54, 1.807) is 0 Å². The summed E-state index contributed by atoms with van der Waals surface area (Å²) in [5.74, 6) is -2.21. The number of anilines is 1. The lowest BCUT2D eigenvalue weighted by Crippen LogP contribution is -2.49. The monoisotopic (exact) mass is 517 g/mol. The van der Waals surface area contributed by atoms with Crippen molar-refractivity contribution in [3.63, 3.8) is 0 Å². The maximum atomic E-state index is 14.0. The molecule has 1 aliphatic heterocycles. The molecular weight excluding hydrogens is 483 g/mol. The van der Waals surface area contributed by atoms with Crippen LogP contribution in [0, 0.1) is 17.3 Å². The van der Waals surface area contributed by atoms with Gasteiger partial charge in [-0.05, 0) is 36.0 Å². The number of amides is 1. The van der Waals surface area contributed by atoms with Gasteiger partial charge in [-0.2, -0.15) is 13.2 Å². The largest absolute Gasteiger partial charge is 0.480 e. The predicted molar refractivity (Wildman–Crippen MR) is 134 cm³/mol. The quantitative estimate of drug-likeness (QED) is 0.496. The second kappa shape index (κ2) is 10.3. The third-order valence-corrected chi connectivity index (χ3v) is 7.67. The molecule has 6 nitrogen and oxygen atoms in total. The molecule has 1 saturated heterocycles. The Hall–Kier alpha value is -3.10. The molecule has 1 aromatic heterocycles. The zero-order valence-corrected chi connectivity index (χ0v) is 21.3. The van der Waals surface area contributed by atoms with Gasteiger partial charge in [-0.15, -0.1) is 0 Å². The summed E-state index contributed by atoms with van der Waals surface area (Å²) in [4.78, 5) is 32.5. The van der Waals surface area contributed by atoms with E-state index in [1.165, 1.54) is 4.90 Å². The van der Waals surface area contributed by atoms with E-state index in [9.17, 15) is 27.9 Å². The molecule has 4 unspecified atom stereocenters. The minimum absolute atomic E-state index is 0.00823. The molecule has 37 heavy (non-hydrogen) atoms. The number of benzene rings is 1. The van der Waals surface area contributed by atoms with Gasteiger partial charge in [0.05, 0.1) is 17.6 Å². The van der Waals surface area contributed by atoms with Gasteiger partial charge >= 0.3 is 12.1 Å². The van der Waals surface area contributed by atoms with E-state index >= 15 is 0 Å². The second-order valence-corrected chi connectivity index (χ2v) is 11.2. The van der Waals surface area contributed by atoms with Crippen LogP contribution in [-0.4, -0.2) is 39.0 Å². The number of aromatic nitrogens is 1. The van der Waals surface area contributed by atoms with Crippen molar-refractivity contribution < 1.29 is 27.9 Å². The molecule has 200 valence electrons. The number of carboxylic acid groups (broad SMARTS) is 1. The molecule has 9 heteroatoms. The summed E-state index contributed by atoms with van der Waals surface area (Å²) in [6, 6.07) is 8.44. The van der Waals surface area contributed by atoms with Crippen molar-refractivity contribution in [2.24, 2.45) is 17.3 Å². The maximum Gasteiger partial charge on any atom is 0.416 e. The van der Waals surface area contributed by atoms with Crippen molar-refractivity contribution in [2.45, 2.75) is 77.2 Å². The normalized spacial score (nSPS) is 25.2. The third-order valence-electron chi connectivity index (χ3n) is 7.67. The second-order valence-electron chi connectivity index (χ2n) is 11.2. The van der Waals surface area contributed by atoms with E-state index in [1.807, 2.05) is 51.1 Å². The van der Waals surface area contributed by atoms with Crippen molar-refractivity contribution in [3.05, 3.63) is 59.8 Å². The Morgan fingerprint density at radius 2 is 1.68 bits per heavy atom. The summed E-state index contributed by atoms with van der Waals surface area (Å²) in [7, 11) is 0. The Kier molecular flexibility index (Phi) is 7.53. The third kappa shape index (κ3) is 5.60. The van der Waals surface area contributed by atoms with Crippen LogP contribution in [0.2, 0.25) is 0 Å². The van der Waals surface area contributed by atoms with Crippen LogP contribution in [0.3, 0.4) is 0 Å². The molecule has 1 amide bonds. The Labute approximate surface area is 215 Å². The number of nitrogens with one attached hydrogen (secondary N) is 1. The van der Waals surface area contributed by atoms with Crippen LogP contribution in [0.4, 0.5) is 19.0 Å². The molecule has 1 aliphatic carbocycles. The van der Waals surface area contributed by atoms with E-state index in [-0.39, 0.29) is 17.6 Å². The number of likely N-dealkylation sites (tertiary alicyclic amines) is 1. The highest BCUT2D eigenvalue weighted by Crippen LogP contribution is 2.50. The SMILES string of the molecule is CC(C)(C)C1C(Nc2cc(C(F)(F)F)ccn2)C(c2ccccc2)N(C(=O)C2CCCCC2)C1C(=O)O. The lowest BCUT2D eigenvalue weighted by molar-refractivity contribution is -0.154. The molecule has 2 aromatic rings. The van der Waals surface area contributed by atoms with E-state index < -0.39 is 47.2 Å². The van der Waals surface area contributed by atoms with Gasteiger partial charge in [0.1, 0.15) is 11.9 Å². The standard InChI is InChI=1S/C28H34F3N3O3/c1-27(2,3)21-22(33-20-16-19(14-15-32-20)28(29,30)31)23(17-10-6-4-7-11-17)34(24(21)26(36)37)25(35)18-12-8-5-9-13-18/h4,6-7,10-11,14-16,18,21-24H,5,8-9,12-13H2,1-3H3,(H,32,33)(H,36,37). The number of alkyl halides is 3. The molecule has 1 aromatic carbocycles. The first kappa shape index (κ1) is 26.9. The summed E-state index contributed by atoms with van der Waals surface area (Å²) >= 11 is 0. The Bertz CT molecular complexity index is 1110. The smallest absolute Gasteiger partial charge is 0.416 e. The van der Waals surface area contributed by atoms with Gasteiger partial charge in [0.25, 0.3) is 0 Å². The van der Waals surface area contributed by atoms with Crippen molar-refractivity contribution >= 4 is 17.7 Å². The fourth-order valence-corrected chi connectivity index (χ4v) is 6.07. The first-order valence-electron chi connectivity index (χ1n) is 12.8. The molecule has 2 aliphatic rings. The topological polar surface area (TPSA) is 82.5 Å². The van der Waals surface area contributed by atoms with Crippen LogP contribution in [0.25, 0.3) is 0 Å². The molecule has 2 fully saturated rings. The summed E-state index contributed by atoms with van der Waals surface area (Å²) in [6.45, 7) is 5.70. The van der Waals surface area contributed by atoms with Crippen LogP contribution in [0.15, 0.2) is 48.7 Å². The number of pyridine rings is 1. The van der Waals surface area contributed by atoms with Gasteiger partial charge in [0.2, 0.25) is 5.91 Å². The first-order valence-corrected chi connectivity index (χ1v) is 12.8. The summed E-state index contributed by atoms with van der Waals surface area (Å²) in [5, 5.41) is 13.6. The number of nitrogens with zero attached hydrogens (tertiary/aromatic N) is 2. The van der Waals surface area contributed by atoms with Crippen LogP contribution in [0.1, 0.15) is 70.0 Å². The van der Waals surface area contributed by atoms with Gasteiger partial charge in [0, 0.05) is 18.0 Å². The zero-order chi connectivity index (χ0) is 27.0. The average molecular weight is 518 g/mol. The molecule has 2 N–H and O–H groups in total. The number of carboxylic acids is 1. The van der Waals surface area contributed by atoms with E-state index in [0.717, 1.165) is 43.2 Å². The molecule has 0 spiro atoms. The van der Waals surface area contributed by atoms with Gasteiger partial charge in [0.15, 0.2) is 0 Å². The van der Waals surface area contributed by atoms with Gasteiger partial charge in [-0.3, -0.25) is 4.79 Å². The van der Waals surface area contributed by atoms with Gasteiger partial charge < -0.3 is 15.3 Å². The van der Waals surface area contributed by atoms with Crippen molar-refractivity contribution in [3.8, 4) is 0 Å². The molecule has 4 rings (SSSR count). The molecule has 0 bridgehead atoms. The van der Waals surface area contributed by atoms with E-state index in [4.69, 9.17) is 0 Å². The zero-order valence-electron chi connectivity index (χ0n) is 21.3. The Balaban J connectivity index is 1.86. The summed E-state index contributed by atoms with van der Waals surface area (Å²) in [6.07, 6.45) is 0.817. The average Bonchev–Trinajstić information content (AvgIpc) is 3.20. The lowest BCUT2D eigenvalue weighted by Gasteiger charge is -2.36. The van der Waals surface area contributed by atoms with Crippen LogP contribution in [0.5, 0.6) is 0 Å². The summed E-state index contributed by atoms with van der Waals surface area (Å²) in [5.41, 5.74) is -0.720.